The molecule has 54 valence electrons. The average Bonchev–Trinajstić information content (AvgIpc) is 1.91. The third-order valence-electron chi connectivity index (χ3n) is 1.32. The van der Waals surface area contributed by atoms with E-state index in [-0.39, 0.29) is 6.10 Å². The van der Waals surface area contributed by atoms with Gasteiger partial charge in [0.25, 0.3) is 0 Å². The minimum atomic E-state index is 0.253. The van der Waals surface area contributed by atoms with Gasteiger partial charge in [0.05, 0.1) is 19.3 Å². The van der Waals surface area contributed by atoms with Gasteiger partial charge in [-0.1, -0.05) is 0 Å². The van der Waals surface area contributed by atoms with Gasteiger partial charge in [-0.05, 0) is 6.42 Å². The fourth-order valence-corrected chi connectivity index (χ4v) is 0.819. The molecule has 0 aromatic heterocycles. The van der Waals surface area contributed by atoms with Crippen molar-refractivity contribution >= 4 is 0 Å². The molecule has 1 fully saturated rings. The third kappa shape index (κ3) is 2.30. The molecule has 0 aliphatic carbocycles. The van der Waals surface area contributed by atoms with E-state index in [1.54, 1.807) is 7.11 Å². The Morgan fingerprint density at radius 3 is 3.11 bits per heavy atom. The van der Waals surface area contributed by atoms with Crippen LogP contribution in [0, 0.1) is 0 Å². The molecular formula is C6H12O3. The molecule has 0 amide bonds. The lowest BCUT2D eigenvalue weighted by molar-refractivity contribution is -0.153. The normalized spacial score (nSPS) is 28.3. The molecule has 0 N–H and O–H groups in total. The van der Waals surface area contributed by atoms with Gasteiger partial charge in [-0.25, -0.2) is 0 Å². The van der Waals surface area contributed by atoms with Gasteiger partial charge in [0.2, 0.25) is 0 Å². The number of hydrogen-bond donors (Lipinski definition) is 0. The highest BCUT2D eigenvalue weighted by atomic mass is 16.7. The maximum absolute atomic E-state index is 5.17. The molecule has 1 aliphatic rings. The lowest BCUT2D eigenvalue weighted by Gasteiger charge is -2.21. The summed E-state index contributed by atoms with van der Waals surface area (Å²) < 4.78 is 15.0. The summed E-state index contributed by atoms with van der Waals surface area (Å²) in [7, 11) is 1.68. The standard InChI is InChI=1S/C6H12O3/c1-7-4-6-2-3-8-5-9-6/h6H,2-5H2,1H3/t6-/m1/s1. The lowest BCUT2D eigenvalue weighted by atomic mass is 10.3. The minimum Gasteiger partial charge on any atom is -0.382 e. The van der Waals surface area contributed by atoms with E-state index in [9.17, 15) is 0 Å². The van der Waals surface area contributed by atoms with Crippen molar-refractivity contribution in [1.29, 1.82) is 0 Å². The summed E-state index contributed by atoms with van der Waals surface area (Å²) in [5.74, 6) is 0. The van der Waals surface area contributed by atoms with E-state index in [4.69, 9.17) is 14.2 Å². The highest BCUT2D eigenvalue weighted by molar-refractivity contribution is 4.57. The van der Waals surface area contributed by atoms with Crippen molar-refractivity contribution in [1.82, 2.24) is 0 Å². The molecule has 0 aromatic rings. The van der Waals surface area contributed by atoms with Crippen molar-refractivity contribution in [3.8, 4) is 0 Å². The molecule has 0 spiro atoms. The number of ether oxygens (including phenoxy) is 3. The van der Waals surface area contributed by atoms with Crippen LogP contribution in [0.2, 0.25) is 0 Å². The number of hydrogen-bond acceptors (Lipinski definition) is 3. The van der Waals surface area contributed by atoms with Gasteiger partial charge in [-0.2, -0.15) is 0 Å². The second-order valence-electron chi connectivity index (χ2n) is 2.06. The van der Waals surface area contributed by atoms with Crippen LogP contribution in [0.25, 0.3) is 0 Å². The first-order chi connectivity index (χ1) is 4.43. The molecule has 0 radical (unpaired) electrons. The highest BCUT2D eigenvalue weighted by Crippen LogP contribution is 2.04. The zero-order valence-corrected chi connectivity index (χ0v) is 5.63. The summed E-state index contributed by atoms with van der Waals surface area (Å²) >= 11 is 0. The van der Waals surface area contributed by atoms with Gasteiger partial charge >= 0.3 is 0 Å². The highest BCUT2D eigenvalue weighted by Gasteiger charge is 2.12. The topological polar surface area (TPSA) is 27.7 Å². The lowest BCUT2D eigenvalue weighted by Crippen LogP contribution is -2.27. The zero-order chi connectivity index (χ0) is 6.53. The van der Waals surface area contributed by atoms with E-state index in [1.165, 1.54) is 0 Å². The maximum Gasteiger partial charge on any atom is 0.147 e. The summed E-state index contributed by atoms with van der Waals surface area (Å²) in [6.45, 7) is 1.91. The summed E-state index contributed by atoms with van der Waals surface area (Å²) in [6.07, 6.45) is 1.21. The second-order valence-corrected chi connectivity index (χ2v) is 2.06. The zero-order valence-electron chi connectivity index (χ0n) is 5.63. The largest absolute Gasteiger partial charge is 0.382 e. The van der Waals surface area contributed by atoms with Crippen LogP contribution < -0.4 is 0 Å². The molecule has 0 bridgehead atoms. The van der Waals surface area contributed by atoms with E-state index >= 15 is 0 Å². The molecule has 1 atom stereocenters. The minimum absolute atomic E-state index is 0.253. The molecule has 3 nitrogen and oxygen atoms in total. The Hall–Kier alpha value is -0.120. The van der Waals surface area contributed by atoms with Crippen LogP contribution in [0.5, 0.6) is 0 Å². The van der Waals surface area contributed by atoms with Crippen LogP contribution in [0.1, 0.15) is 6.42 Å². The molecule has 1 saturated heterocycles. The van der Waals surface area contributed by atoms with Gasteiger partial charge in [-0.15, -0.1) is 0 Å². The Kier molecular flexibility index (Phi) is 2.97. The first-order valence-corrected chi connectivity index (χ1v) is 3.12. The van der Waals surface area contributed by atoms with Crippen LogP contribution >= 0.6 is 0 Å². The Balaban J connectivity index is 2.08. The molecule has 0 aromatic carbocycles. The van der Waals surface area contributed by atoms with Gasteiger partial charge in [0.1, 0.15) is 6.79 Å². The van der Waals surface area contributed by atoms with Crippen molar-refractivity contribution in [2.75, 3.05) is 27.1 Å². The summed E-state index contributed by atoms with van der Waals surface area (Å²) in [6, 6.07) is 0. The van der Waals surface area contributed by atoms with Crippen LogP contribution in [0.4, 0.5) is 0 Å². The fraction of sp³-hybridized carbons (Fsp3) is 1.00. The quantitative estimate of drug-likeness (QED) is 0.544. The molecule has 9 heavy (non-hydrogen) atoms. The monoisotopic (exact) mass is 132 g/mol. The van der Waals surface area contributed by atoms with Gasteiger partial charge in [-0.3, -0.25) is 0 Å². The molecule has 0 unspecified atom stereocenters. The first kappa shape index (κ1) is 6.99. The van der Waals surface area contributed by atoms with Crippen LogP contribution in [-0.4, -0.2) is 33.2 Å². The molecule has 1 heterocycles. The number of methoxy groups -OCH3 is 1. The van der Waals surface area contributed by atoms with E-state index < -0.39 is 0 Å². The summed E-state index contributed by atoms with van der Waals surface area (Å²) in [5, 5.41) is 0. The first-order valence-electron chi connectivity index (χ1n) is 3.12. The molecule has 0 saturated carbocycles. The number of rotatable bonds is 2. The Morgan fingerprint density at radius 2 is 2.56 bits per heavy atom. The second kappa shape index (κ2) is 3.82. The summed E-state index contributed by atoms with van der Waals surface area (Å²) in [4.78, 5) is 0. The molecule has 1 aliphatic heterocycles. The smallest absolute Gasteiger partial charge is 0.147 e. The summed E-state index contributed by atoms with van der Waals surface area (Å²) in [5.41, 5.74) is 0. The van der Waals surface area contributed by atoms with E-state index in [0.29, 0.717) is 13.4 Å². The predicted octanol–water partition coefficient (Wildman–Crippen LogP) is 0.396. The van der Waals surface area contributed by atoms with Crippen LogP contribution in [0.3, 0.4) is 0 Å². The molecule has 1 rings (SSSR count). The third-order valence-corrected chi connectivity index (χ3v) is 1.32. The van der Waals surface area contributed by atoms with Gasteiger partial charge in [0, 0.05) is 7.11 Å². The Bertz CT molecular complexity index is 65.9. The molecular weight excluding hydrogens is 120 g/mol. The van der Waals surface area contributed by atoms with E-state index in [2.05, 4.69) is 0 Å². The van der Waals surface area contributed by atoms with E-state index in [1.807, 2.05) is 0 Å². The Morgan fingerprint density at radius 1 is 1.67 bits per heavy atom. The van der Waals surface area contributed by atoms with E-state index in [0.717, 1.165) is 13.0 Å². The Labute approximate surface area is 54.9 Å². The van der Waals surface area contributed by atoms with Crippen molar-refractivity contribution < 1.29 is 14.2 Å². The van der Waals surface area contributed by atoms with Crippen LogP contribution in [0.15, 0.2) is 0 Å². The van der Waals surface area contributed by atoms with Crippen molar-refractivity contribution in [2.24, 2.45) is 0 Å². The van der Waals surface area contributed by atoms with Crippen molar-refractivity contribution in [3.05, 3.63) is 0 Å². The predicted molar refractivity (Wildman–Crippen MR) is 32.2 cm³/mol. The molecule has 3 heteroatoms. The van der Waals surface area contributed by atoms with Gasteiger partial charge < -0.3 is 14.2 Å². The van der Waals surface area contributed by atoms with Crippen molar-refractivity contribution in [2.45, 2.75) is 12.5 Å². The maximum atomic E-state index is 5.17. The SMILES string of the molecule is COC[C@H]1CCOCO1. The average molecular weight is 132 g/mol. The van der Waals surface area contributed by atoms with Crippen molar-refractivity contribution in [3.63, 3.8) is 0 Å². The van der Waals surface area contributed by atoms with Crippen LogP contribution in [-0.2, 0) is 14.2 Å². The van der Waals surface area contributed by atoms with Gasteiger partial charge in [0.15, 0.2) is 0 Å². The fourth-order valence-electron chi connectivity index (χ4n) is 0.819.